The number of likely N-dealkylation sites (tertiary alicyclic amines) is 1. The predicted octanol–water partition coefficient (Wildman–Crippen LogP) is 2.20. The zero-order valence-corrected chi connectivity index (χ0v) is 14.7. The lowest BCUT2D eigenvalue weighted by molar-refractivity contribution is 0.0774. The van der Waals surface area contributed by atoms with Gasteiger partial charge in [-0.25, -0.2) is 0 Å². The summed E-state index contributed by atoms with van der Waals surface area (Å²) in [4.78, 5) is 15.1. The van der Waals surface area contributed by atoms with Gasteiger partial charge in [0.2, 0.25) is 0 Å². The number of nitrogens with zero attached hydrogens (tertiary/aromatic N) is 5. The van der Waals surface area contributed by atoms with Crippen molar-refractivity contribution in [3.63, 3.8) is 0 Å². The molecule has 0 aromatic carbocycles. The van der Waals surface area contributed by atoms with Crippen LogP contribution in [-0.4, -0.2) is 43.5 Å². The molecular formula is C18H25N5O. The third kappa shape index (κ3) is 2.44. The number of fused-ring (bicyclic) bond motifs is 1. The van der Waals surface area contributed by atoms with E-state index < -0.39 is 0 Å². The second-order valence-electron chi connectivity index (χ2n) is 7.17. The first-order valence-corrected chi connectivity index (χ1v) is 8.91. The molecule has 24 heavy (non-hydrogen) atoms. The molecule has 2 aromatic rings. The van der Waals surface area contributed by atoms with Gasteiger partial charge in [-0.2, -0.15) is 10.2 Å². The van der Waals surface area contributed by atoms with Crippen molar-refractivity contribution in [1.29, 1.82) is 0 Å². The van der Waals surface area contributed by atoms with Crippen molar-refractivity contribution in [1.82, 2.24) is 24.5 Å². The minimum Gasteiger partial charge on any atom is -0.335 e. The van der Waals surface area contributed by atoms with E-state index >= 15 is 0 Å². The second-order valence-corrected chi connectivity index (χ2v) is 7.17. The summed E-state index contributed by atoms with van der Waals surface area (Å²) in [6.07, 6.45) is 5.30. The molecule has 0 spiro atoms. The smallest absolute Gasteiger partial charge is 0.272 e. The van der Waals surface area contributed by atoms with E-state index in [4.69, 9.17) is 0 Å². The molecule has 1 saturated heterocycles. The Hall–Kier alpha value is -2.11. The van der Waals surface area contributed by atoms with Crippen LogP contribution in [0, 0.1) is 13.8 Å². The number of amides is 1. The van der Waals surface area contributed by atoms with E-state index in [1.807, 2.05) is 18.9 Å². The van der Waals surface area contributed by atoms with E-state index in [1.54, 1.807) is 4.68 Å². The molecule has 0 N–H and O–H groups in total. The van der Waals surface area contributed by atoms with Crippen molar-refractivity contribution in [2.45, 2.75) is 52.0 Å². The SMILES string of the molecule is Cc1cc(C)n([C@@H]2CCN(C(=O)c3c4c(nn3C)CCCC4)C2)n1. The lowest BCUT2D eigenvalue weighted by Gasteiger charge is -2.19. The normalized spacial score (nSPS) is 20.5. The standard InChI is InChI=1S/C18H25N5O/c1-12-10-13(2)23(19-12)14-8-9-22(11-14)18(24)17-15-6-4-5-7-16(15)20-21(17)3/h10,14H,4-9,11H2,1-3H3/t14-/m1/s1. The van der Waals surface area contributed by atoms with Gasteiger partial charge < -0.3 is 4.90 Å². The van der Waals surface area contributed by atoms with Crippen LogP contribution < -0.4 is 0 Å². The topological polar surface area (TPSA) is 56.0 Å². The maximum Gasteiger partial charge on any atom is 0.272 e. The van der Waals surface area contributed by atoms with Crippen LogP contribution in [0.15, 0.2) is 6.07 Å². The van der Waals surface area contributed by atoms with Crippen LogP contribution in [-0.2, 0) is 19.9 Å². The number of carbonyl (C=O) groups excluding carboxylic acids is 1. The van der Waals surface area contributed by atoms with Gasteiger partial charge in [-0.3, -0.25) is 14.2 Å². The molecule has 6 heteroatoms. The molecule has 2 aromatic heterocycles. The summed E-state index contributed by atoms with van der Waals surface area (Å²) in [5, 5.41) is 9.19. The van der Waals surface area contributed by atoms with Crippen LogP contribution in [0.1, 0.15) is 58.4 Å². The molecule has 1 fully saturated rings. The van der Waals surface area contributed by atoms with Crippen LogP contribution >= 0.6 is 0 Å². The lowest BCUT2D eigenvalue weighted by atomic mass is 9.95. The molecule has 1 atom stereocenters. The van der Waals surface area contributed by atoms with Gasteiger partial charge in [-0.15, -0.1) is 0 Å². The summed E-state index contributed by atoms with van der Waals surface area (Å²) in [6.45, 7) is 5.63. The average Bonchev–Trinajstić information content (AvgIpc) is 3.23. The number of carbonyl (C=O) groups is 1. The average molecular weight is 327 g/mol. The number of rotatable bonds is 2. The fourth-order valence-corrected chi connectivity index (χ4v) is 4.24. The first kappa shape index (κ1) is 15.4. The Balaban J connectivity index is 1.56. The van der Waals surface area contributed by atoms with Crippen LogP contribution in [0.5, 0.6) is 0 Å². The van der Waals surface area contributed by atoms with E-state index in [0.717, 1.165) is 55.9 Å². The summed E-state index contributed by atoms with van der Waals surface area (Å²) < 4.78 is 3.89. The van der Waals surface area contributed by atoms with Crippen LogP contribution in [0.4, 0.5) is 0 Å². The summed E-state index contributed by atoms with van der Waals surface area (Å²) in [5.74, 6) is 0.136. The summed E-state index contributed by atoms with van der Waals surface area (Å²) in [7, 11) is 1.90. The highest BCUT2D eigenvalue weighted by Crippen LogP contribution is 2.28. The van der Waals surface area contributed by atoms with Gasteiger partial charge in [0.05, 0.1) is 17.4 Å². The molecule has 2 aliphatic rings. The minimum absolute atomic E-state index is 0.136. The van der Waals surface area contributed by atoms with E-state index in [9.17, 15) is 4.79 Å². The number of aromatic nitrogens is 4. The largest absolute Gasteiger partial charge is 0.335 e. The highest BCUT2D eigenvalue weighted by Gasteiger charge is 2.33. The van der Waals surface area contributed by atoms with E-state index in [2.05, 4.69) is 27.9 Å². The Morgan fingerprint density at radius 2 is 2.00 bits per heavy atom. The molecule has 0 radical (unpaired) electrons. The summed E-state index contributed by atoms with van der Waals surface area (Å²) in [5.41, 5.74) is 5.33. The monoisotopic (exact) mass is 327 g/mol. The lowest BCUT2D eigenvalue weighted by Crippen LogP contribution is -2.31. The first-order chi connectivity index (χ1) is 11.5. The quantitative estimate of drug-likeness (QED) is 0.850. The number of aryl methyl sites for hydroxylation is 4. The highest BCUT2D eigenvalue weighted by molar-refractivity contribution is 5.94. The van der Waals surface area contributed by atoms with Crippen molar-refractivity contribution >= 4 is 5.91 Å². The van der Waals surface area contributed by atoms with Gasteiger partial charge >= 0.3 is 0 Å². The Morgan fingerprint density at radius 3 is 2.75 bits per heavy atom. The fourth-order valence-electron chi connectivity index (χ4n) is 4.24. The summed E-state index contributed by atoms with van der Waals surface area (Å²) >= 11 is 0. The molecule has 4 rings (SSSR count). The zero-order valence-electron chi connectivity index (χ0n) is 14.7. The van der Waals surface area contributed by atoms with Gasteiger partial charge in [0, 0.05) is 31.4 Å². The first-order valence-electron chi connectivity index (χ1n) is 8.91. The van der Waals surface area contributed by atoms with Crippen LogP contribution in [0.25, 0.3) is 0 Å². The Morgan fingerprint density at radius 1 is 1.21 bits per heavy atom. The molecule has 0 saturated carbocycles. The Kier molecular flexibility index (Phi) is 3.70. The zero-order chi connectivity index (χ0) is 16.8. The molecule has 1 aliphatic heterocycles. The molecular weight excluding hydrogens is 302 g/mol. The second kappa shape index (κ2) is 5.76. The van der Waals surface area contributed by atoms with Crippen molar-refractivity contribution in [3.05, 3.63) is 34.4 Å². The highest BCUT2D eigenvalue weighted by atomic mass is 16.2. The third-order valence-corrected chi connectivity index (χ3v) is 5.36. The van der Waals surface area contributed by atoms with Crippen molar-refractivity contribution in [2.24, 2.45) is 7.05 Å². The molecule has 0 bridgehead atoms. The van der Waals surface area contributed by atoms with Crippen molar-refractivity contribution in [3.8, 4) is 0 Å². The van der Waals surface area contributed by atoms with Gasteiger partial charge in [-0.05, 0) is 52.0 Å². The van der Waals surface area contributed by atoms with E-state index in [0.29, 0.717) is 0 Å². The maximum atomic E-state index is 13.1. The predicted molar refractivity (Wildman–Crippen MR) is 91.1 cm³/mol. The van der Waals surface area contributed by atoms with E-state index in [1.165, 1.54) is 17.7 Å². The fraction of sp³-hybridized carbons (Fsp3) is 0.611. The number of hydrogen-bond donors (Lipinski definition) is 0. The van der Waals surface area contributed by atoms with Gasteiger partial charge in [0.25, 0.3) is 5.91 Å². The minimum atomic E-state index is 0.136. The van der Waals surface area contributed by atoms with Crippen molar-refractivity contribution < 1.29 is 4.79 Å². The van der Waals surface area contributed by atoms with Crippen LogP contribution in [0.2, 0.25) is 0 Å². The molecule has 128 valence electrons. The summed E-state index contributed by atoms with van der Waals surface area (Å²) in [6, 6.07) is 2.38. The molecule has 6 nitrogen and oxygen atoms in total. The van der Waals surface area contributed by atoms with Crippen LogP contribution in [0.3, 0.4) is 0 Å². The Bertz CT molecular complexity index is 788. The molecule has 1 amide bonds. The van der Waals surface area contributed by atoms with Gasteiger partial charge in [-0.1, -0.05) is 0 Å². The van der Waals surface area contributed by atoms with Gasteiger partial charge in [0.15, 0.2) is 0 Å². The van der Waals surface area contributed by atoms with Crippen molar-refractivity contribution in [2.75, 3.05) is 13.1 Å². The maximum absolute atomic E-state index is 13.1. The van der Waals surface area contributed by atoms with E-state index in [-0.39, 0.29) is 11.9 Å². The number of hydrogen-bond acceptors (Lipinski definition) is 3. The Labute approximate surface area is 142 Å². The van der Waals surface area contributed by atoms with Gasteiger partial charge in [0.1, 0.15) is 5.69 Å². The molecule has 3 heterocycles. The molecule has 1 aliphatic carbocycles. The molecule has 0 unspecified atom stereocenters. The third-order valence-electron chi connectivity index (χ3n) is 5.36.